The average molecular weight is 556 g/mol. The van der Waals surface area contributed by atoms with E-state index in [0.717, 1.165) is 5.56 Å². The Balaban J connectivity index is 1.87. The first kappa shape index (κ1) is 29.1. The molecule has 0 bridgehead atoms. The van der Waals surface area contributed by atoms with Crippen LogP contribution in [0.15, 0.2) is 103 Å². The Morgan fingerprint density at radius 2 is 1.34 bits per heavy atom. The summed E-state index contributed by atoms with van der Waals surface area (Å²) in [7, 11) is -5.83. The van der Waals surface area contributed by atoms with Gasteiger partial charge in [-0.3, -0.25) is 4.79 Å². The summed E-state index contributed by atoms with van der Waals surface area (Å²) in [5.41, 5.74) is 0.488. The molecule has 38 heavy (non-hydrogen) atoms. The van der Waals surface area contributed by atoms with Gasteiger partial charge < -0.3 is 10.1 Å². The van der Waals surface area contributed by atoms with Crippen LogP contribution in [0.3, 0.4) is 0 Å². The number of benzene rings is 3. The van der Waals surface area contributed by atoms with Crippen LogP contribution < -0.4 is 5.32 Å². The van der Waals surface area contributed by atoms with Crippen LogP contribution in [0.4, 0.5) is 10.5 Å². The molecule has 2 unspecified atom stereocenters. The van der Waals surface area contributed by atoms with Gasteiger partial charge in [-0.25, -0.2) is 13.2 Å². The van der Waals surface area contributed by atoms with Gasteiger partial charge in [-0.15, -0.1) is 0 Å². The number of hydrogen-bond donors (Lipinski definition) is 1. The van der Waals surface area contributed by atoms with E-state index in [1.165, 1.54) is 6.26 Å². The lowest BCUT2D eigenvalue weighted by Gasteiger charge is -2.22. The van der Waals surface area contributed by atoms with E-state index < -0.39 is 43.1 Å². The van der Waals surface area contributed by atoms with Crippen molar-refractivity contribution < 1.29 is 22.7 Å². The van der Waals surface area contributed by atoms with Gasteiger partial charge in [0.1, 0.15) is 11.6 Å². The van der Waals surface area contributed by atoms with Gasteiger partial charge in [0.25, 0.3) is 5.91 Å². The maximum atomic E-state index is 13.5. The van der Waals surface area contributed by atoms with Gasteiger partial charge in [-0.2, -0.15) is 8.73 Å². The molecule has 0 saturated heterocycles. The standard InChI is InChI=1S/C28H33N3O5S2/c1-28(2,3)36-27(33)29-25(20-21-12-8-6-9-13-21)26(32)31-38(5,35)24-18-16-22(17-19-24)30-37(4,34)23-14-10-7-11-15-23/h6-19,25H,20H2,1-5H3,(H,29,33)/t25-,37?,38?/m0/s1. The van der Waals surface area contributed by atoms with Crippen LogP contribution in [-0.2, 0) is 35.4 Å². The fourth-order valence-corrected chi connectivity index (χ4v) is 5.98. The smallest absolute Gasteiger partial charge is 0.408 e. The molecule has 10 heteroatoms. The molecule has 0 fully saturated rings. The maximum Gasteiger partial charge on any atom is 0.408 e. The Kier molecular flexibility index (Phi) is 9.11. The fourth-order valence-electron chi connectivity index (χ4n) is 3.47. The molecule has 3 atom stereocenters. The SMILES string of the molecule is CC(C)(C)OC(=O)N[C@@H](Cc1ccccc1)C(=O)N=S(C)(=O)c1ccc(N=S(C)(=O)c2ccccc2)cc1. The molecule has 1 N–H and O–H groups in total. The van der Waals surface area contributed by atoms with Crippen LogP contribution in [0.2, 0.25) is 0 Å². The highest BCUT2D eigenvalue weighted by Gasteiger charge is 2.26. The number of nitrogens with zero attached hydrogens (tertiary/aromatic N) is 2. The van der Waals surface area contributed by atoms with E-state index in [0.29, 0.717) is 15.5 Å². The zero-order chi connectivity index (χ0) is 28.0. The van der Waals surface area contributed by atoms with Gasteiger partial charge in [0, 0.05) is 28.7 Å². The largest absolute Gasteiger partial charge is 0.444 e. The molecule has 0 spiro atoms. The summed E-state index contributed by atoms with van der Waals surface area (Å²) in [6.45, 7) is 5.16. The molecule has 3 aromatic carbocycles. The zero-order valence-electron chi connectivity index (χ0n) is 22.1. The van der Waals surface area contributed by atoms with Gasteiger partial charge in [0.15, 0.2) is 0 Å². The third-order valence-corrected chi connectivity index (χ3v) is 8.65. The lowest BCUT2D eigenvalue weighted by molar-refractivity contribution is -0.119. The Bertz CT molecular complexity index is 1510. The minimum absolute atomic E-state index is 0.153. The van der Waals surface area contributed by atoms with Crippen molar-refractivity contribution in [3.63, 3.8) is 0 Å². The van der Waals surface area contributed by atoms with E-state index in [-0.39, 0.29) is 6.42 Å². The molecule has 0 heterocycles. The Labute approximate surface area is 225 Å². The topological polar surface area (TPSA) is 114 Å². The van der Waals surface area contributed by atoms with E-state index in [9.17, 15) is 18.0 Å². The molecule has 0 saturated carbocycles. The van der Waals surface area contributed by atoms with Gasteiger partial charge in [0.2, 0.25) is 0 Å². The quantitative estimate of drug-likeness (QED) is 0.408. The van der Waals surface area contributed by atoms with Crippen molar-refractivity contribution in [3.8, 4) is 0 Å². The second-order valence-corrected chi connectivity index (χ2v) is 14.3. The number of alkyl carbamates (subject to hydrolysis) is 1. The second kappa shape index (κ2) is 11.9. The van der Waals surface area contributed by atoms with Crippen LogP contribution in [0, 0.1) is 0 Å². The molecule has 202 valence electrons. The van der Waals surface area contributed by atoms with Crippen LogP contribution >= 0.6 is 0 Å². The van der Waals surface area contributed by atoms with Crippen LogP contribution in [0.5, 0.6) is 0 Å². The summed E-state index contributed by atoms with van der Waals surface area (Å²) in [4.78, 5) is 26.5. The van der Waals surface area contributed by atoms with E-state index in [1.54, 1.807) is 75.6 Å². The van der Waals surface area contributed by atoms with Crippen molar-refractivity contribution >= 4 is 37.1 Å². The van der Waals surface area contributed by atoms with Crippen molar-refractivity contribution in [1.82, 2.24) is 5.32 Å². The molecule has 2 amide bonds. The lowest BCUT2D eigenvalue weighted by atomic mass is 10.1. The molecule has 0 aromatic heterocycles. The summed E-state index contributed by atoms with van der Waals surface area (Å²) in [5.74, 6) is -0.735. The second-order valence-electron chi connectivity index (χ2n) is 9.82. The molecular weight excluding hydrogens is 522 g/mol. The summed E-state index contributed by atoms with van der Waals surface area (Å²) in [6, 6.07) is 23.3. The van der Waals surface area contributed by atoms with Crippen LogP contribution in [-0.4, -0.2) is 44.6 Å². The van der Waals surface area contributed by atoms with Crippen LogP contribution in [0.1, 0.15) is 26.3 Å². The number of nitrogens with one attached hydrogen (secondary N) is 1. The Morgan fingerprint density at radius 1 is 0.816 bits per heavy atom. The minimum Gasteiger partial charge on any atom is -0.444 e. The fraction of sp³-hybridized carbons (Fsp3) is 0.286. The third-order valence-electron chi connectivity index (χ3n) is 5.27. The maximum absolute atomic E-state index is 13.5. The predicted octanol–water partition coefficient (Wildman–Crippen LogP) is 5.59. The van der Waals surface area contributed by atoms with Crippen molar-refractivity contribution in [2.24, 2.45) is 8.73 Å². The van der Waals surface area contributed by atoms with Gasteiger partial charge in [-0.1, -0.05) is 48.5 Å². The van der Waals surface area contributed by atoms with E-state index in [2.05, 4.69) is 14.0 Å². The highest BCUT2D eigenvalue weighted by atomic mass is 32.2. The molecule has 0 aliphatic carbocycles. The van der Waals surface area contributed by atoms with Crippen molar-refractivity contribution in [1.29, 1.82) is 0 Å². The first-order chi connectivity index (χ1) is 17.7. The number of carbonyl (C=O) groups excluding carboxylic acids is 2. The molecular formula is C28H33N3O5S2. The van der Waals surface area contributed by atoms with Gasteiger partial charge in [0.05, 0.1) is 25.1 Å². The number of hydrogen-bond acceptors (Lipinski definition) is 6. The first-order valence-corrected chi connectivity index (χ1v) is 15.8. The van der Waals surface area contributed by atoms with Gasteiger partial charge >= 0.3 is 6.09 Å². The van der Waals surface area contributed by atoms with Gasteiger partial charge in [-0.05, 0) is 62.7 Å². The summed E-state index contributed by atoms with van der Waals surface area (Å²) >= 11 is 0. The zero-order valence-corrected chi connectivity index (χ0v) is 23.8. The van der Waals surface area contributed by atoms with E-state index in [4.69, 9.17) is 4.74 Å². The van der Waals surface area contributed by atoms with E-state index >= 15 is 0 Å². The summed E-state index contributed by atoms with van der Waals surface area (Å²) < 4.78 is 40.2. The van der Waals surface area contributed by atoms with Crippen molar-refractivity contribution in [2.75, 3.05) is 12.5 Å². The van der Waals surface area contributed by atoms with E-state index in [1.807, 2.05) is 36.4 Å². The highest BCUT2D eigenvalue weighted by Crippen LogP contribution is 2.22. The monoisotopic (exact) mass is 555 g/mol. The molecule has 0 aliphatic rings. The Hall–Kier alpha value is -3.50. The number of amides is 2. The van der Waals surface area contributed by atoms with Crippen LogP contribution in [0.25, 0.3) is 0 Å². The predicted molar refractivity (Wildman–Crippen MR) is 150 cm³/mol. The first-order valence-electron chi connectivity index (χ1n) is 11.9. The minimum atomic E-state index is -3.16. The molecule has 0 aliphatic heterocycles. The average Bonchev–Trinajstić information content (AvgIpc) is 2.83. The Morgan fingerprint density at radius 3 is 1.89 bits per heavy atom. The lowest BCUT2D eigenvalue weighted by Crippen LogP contribution is -2.44. The van der Waals surface area contributed by atoms with Crippen molar-refractivity contribution in [2.45, 2.75) is 48.6 Å². The highest BCUT2D eigenvalue weighted by molar-refractivity contribution is 7.93. The number of ether oxygens (including phenoxy) is 1. The normalized spacial score (nSPS) is 15.3. The third kappa shape index (κ3) is 8.53. The molecule has 3 rings (SSSR count). The molecule has 0 radical (unpaired) electrons. The summed E-state index contributed by atoms with van der Waals surface area (Å²) in [5, 5.41) is 2.57. The number of rotatable bonds is 7. The van der Waals surface area contributed by atoms with Crippen molar-refractivity contribution in [3.05, 3.63) is 90.5 Å². The summed E-state index contributed by atoms with van der Waals surface area (Å²) in [6.07, 6.45) is 2.30. The number of carbonyl (C=O) groups is 2. The molecule has 8 nitrogen and oxygen atoms in total. The molecule has 3 aromatic rings.